The molecule has 0 saturated carbocycles. The number of hydrogen-bond donors (Lipinski definition) is 1. The van der Waals surface area contributed by atoms with Gasteiger partial charge in [-0.2, -0.15) is 5.10 Å². The minimum Gasteiger partial charge on any atom is -0.353 e. The van der Waals surface area contributed by atoms with Gasteiger partial charge in [-0.25, -0.2) is 8.78 Å². The smallest absolute Gasteiger partial charge is 0.263 e. The van der Waals surface area contributed by atoms with Gasteiger partial charge in [0.25, 0.3) is 6.43 Å². The lowest BCUT2D eigenvalue weighted by molar-refractivity contribution is -0.121. The summed E-state index contributed by atoms with van der Waals surface area (Å²) in [6.07, 6.45) is -1.46. The van der Waals surface area contributed by atoms with Crippen molar-refractivity contribution in [3.05, 3.63) is 53.2 Å². The number of aromatic nitrogens is 2. The summed E-state index contributed by atoms with van der Waals surface area (Å²) >= 11 is 0. The molecule has 0 bridgehead atoms. The van der Waals surface area contributed by atoms with Crippen LogP contribution < -0.4 is 10.2 Å². The summed E-state index contributed by atoms with van der Waals surface area (Å²) in [7, 11) is 0. The molecule has 1 aromatic carbocycles. The van der Waals surface area contributed by atoms with Crippen LogP contribution in [0.3, 0.4) is 0 Å². The molecule has 1 atom stereocenters. The van der Waals surface area contributed by atoms with Crippen LogP contribution in [0.1, 0.15) is 29.7 Å². The molecule has 7 heteroatoms. The zero-order valence-electron chi connectivity index (χ0n) is 14.0. The molecule has 2 aromatic rings. The van der Waals surface area contributed by atoms with Crippen molar-refractivity contribution < 1.29 is 13.6 Å². The third-order valence-corrected chi connectivity index (χ3v) is 4.26. The molecule has 0 spiro atoms. The number of carbonyl (C=O) groups is 1. The van der Waals surface area contributed by atoms with Crippen LogP contribution >= 0.6 is 0 Å². The number of nitrogens with one attached hydrogen (secondary N) is 1. The molecule has 1 fully saturated rings. The van der Waals surface area contributed by atoms with E-state index in [1.807, 2.05) is 19.1 Å². The Balaban J connectivity index is 1.51. The van der Waals surface area contributed by atoms with Crippen molar-refractivity contribution in [3.8, 4) is 0 Å². The number of amides is 1. The number of rotatable bonds is 5. The average molecular weight is 346 g/mol. The van der Waals surface area contributed by atoms with E-state index in [-0.39, 0.29) is 23.9 Å². The van der Waals surface area contributed by atoms with Crippen molar-refractivity contribution in [1.82, 2.24) is 15.5 Å². The van der Waals surface area contributed by atoms with Crippen molar-refractivity contribution in [2.24, 2.45) is 0 Å². The summed E-state index contributed by atoms with van der Waals surface area (Å²) in [5.74, 6) is 0.705. The highest BCUT2D eigenvalue weighted by Gasteiger charge is 2.25. The normalized spacial score (nSPS) is 17.1. The molecule has 0 radical (unpaired) electrons. The maximum absolute atomic E-state index is 12.5. The fraction of sp³-hybridized carbons (Fsp3) is 0.389. The number of benzene rings is 1. The molecule has 0 unspecified atom stereocenters. The average Bonchev–Trinajstić information content (AvgIpc) is 3.04. The van der Waals surface area contributed by atoms with Crippen LogP contribution in [0.5, 0.6) is 0 Å². The van der Waals surface area contributed by atoms with E-state index in [9.17, 15) is 13.6 Å². The molecule has 132 valence electrons. The van der Waals surface area contributed by atoms with Gasteiger partial charge in [-0.05, 0) is 31.0 Å². The van der Waals surface area contributed by atoms with E-state index in [0.29, 0.717) is 6.54 Å². The van der Waals surface area contributed by atoms with Crippen LogP contribution in [0.2, 0.25) is 0 Å². The van der Waals surface area contributed by atoms with E-state index >= 15 is 0 Å². The summed E-state index contributed by atoms with van der Waals surface area (Å²) in [6, 6.07) is 9.76. The summed E-state index contributed by atoms with van der Waals surface area (Å²) in [6.45, 7) is 3.39. The Kier molecular flexibility index (Phi) is 5.21. The second-order valence-electron chi connectivity index (χ2n) is 6.25. The Labute approximate surface area is 145 Å². The van der Waals surface area contributed by atoms with Gasteiger partial charge < -0.3 is 10.2 Å². The van der Waals surface area contributed by atoms with E-state index in [0.717, 1.165) is 30.0 Å². The molecule has 2 heterocycles. The molecule has 3 rings (SSSR count). The fourth-order valence-electron chi connectivity index (χ4n) is 2.89. The first kappa shape index (κ1) is 17.3. The second kappa shape index (κ2) is 7.55. The highest BCUT2D eigenvalue weighted by molar-refractivity contribution is 5.79. The van der Waals surface area contributed by atoms with Crippen LogP contribution in [0.15, 0.2) is 36.4 Å². The lowest BCUT2D eigenvalue weighted by Crippen LogP contribution is -2.38. The van der Waals surface area contributed by atoms with Crippen LogP contribution in [-0.2, 0) is 11.2 Å². The molecule has 1 amide bonds. The molecule has 1 saturated heterocycles. The van der Waals surface area contributed by atoms with E-state index in [4.69, 9.17) is 0 Å². The van der Waals surface area contributed by atoms with Gasteiger partial charge in [0, 0.05) is 24.7 Å². The maximum Gasteiger partial charge on any atom is 0.263 e. The maximum atomic E-state index is 12.5. The van der Waals surface area contributed by atoms with Crippen molar-refractivity contribution in [2.45, 2.75) is 32.2 Å². The number of nitrogens with zero attached hydrogens (tertiary/aromatic N) is 3. The zero-order chi connectivity index (χ0) is 17.8. The minimum atomic E-state index is -2.49. The van der Waals surface area contributed by atoms with Crippen molar-refractivity contribution in [2.75, 3.05) is 18.0 Å². The van der Waals surface area contributed by atoms with Crippen LogP contribution in [-0.4, -0.2) is 35.2 Å². The first-order chi connectivity index (χ1) is 12.0. The monoisotopic (exact) mass is 346 g/mol. The van der Waals surface area contributed by atoms with E-state index in [1.165, 1.54) is 12.1 Å². The predicted molar refractivity (Wildman–Crippen MR) is 90.6 cm³/mol. The highest BCUT2D eigenvalue weighted by Crippen LogP contribution is 2.19. The summed E-state index contributed by atoms with van der Waals surface area (Å²) in [5.41, 5.74) is 1.56. The number of aryl methyl sites for hydroxylation is 1. The third kappa shape index (κ3) is 4.49. The van der Waals surface area contributed by atoms with Crippen molar-refractivity contribution in [3.63, 3.8) is 0 Å². The molecule has 5 nitrogen and oxygen atoms in total. The molecule has 1 aliphatic rings. The molecule has 1 aliphatic heterocycles. The number of carbonyl (C=O) groups excluding carboxylic acids is 1. The largest absolute Gasteiger partial charge is 0.353 e. The Bertz CT molecular complexity index is 719. The topological polar surface area (TPSA) is 58.1 Å². The van der Waals surface area contributed by atoms with E-state index in [1.54, 1.807) is 12.1 Å². The van der Waals surface area contributed by atoms with Crippen LogP contribution in [0.25, 0.3) is 0 Å². The van der Waals surface area contributed by atoms with Gasteiger partial charge in [-0.3, -0.25) is 4.79 Å². The first-order valence-corrected chi connectivity index (χ1v) is 8.23. The van der Waals surface area contributed by atoms with Crippen LogP contribution in [0, 0.1) is 6.92 Å². The predicted octanol–water partition coefficient (Wildman–Crippen LogP) is 2.66. The van der Waals surface area contributed by atoms with Gasteiger partial charge in [0.2, 0.25) is 5.91 Å². The Hall–Kier alpha value is -2.57. The van der Waals surface area contributed by atoms with Gasteiger partial charge in [0.1, 0.15) is 0 Å². The van der Waals surface area contributed by atoms with Gasteiger partial charge in [-0.1, -0.05) is 24.3 Å². The number of anilines is 1. The van der Waals surface area contributed by atoms with Crippen molar-refractivity contribution >= 4 is 11.7 Å². The van der Waals surface area contributed by atoms with Gasteiger partial charge >= 0.3 is 0 Å². The lowest BCUT2D eigenvalue weighted by atomic mass is 10.1. The lowest BCUT2D eigenvalue weighted by Gasteiger charge is -2.17. The van der Waals surface area contributed by atoms with Crippen molar-refractivity contribution in [1.29, 1.82) is 0 Å². The number of hydrogen-bond acceptors (Lipinski definition) is 4. The van der Waals surface area contributed by atoms with E-state index in [2.05, 4.69) is 20.4 Å². The minimum absolute atomic E-state index is 0.0326. The molecular formula is C18H20F2N4O. The zero-order valence-corrected chi connectivity index (χ0v) is 14.0. The number of halogens is 2. The first-order valence-electron chi connectivity index (χ1n) is 8.23. The molecule has 0 aliphatic carbocycles. The third-order valence-electron chi connectivity index (χ3n) is 4.26. The fourth-order valence-corrected chi connectivity index (χ4v) is 2.89. The van der Waals surface area contributed by atoms with Gasteiger partial charge in [0.15, 0.2) is 5.82 Å². The summed E-state index contributed by atoms with van der Waals surface area (Å²) < 4.78 is 25.1. The van der Waals surface area contributed by atoms with Gasteiger partial charge in [-0.15, -0.1) is 5.10 Å². The summed E-state index contributed by atoms with van der Waals surface area (Å²) in [4.78, 5) is 14.3. The SMILES string of the molecule is Cc1ccc(N2CC[C@H](NC(=O)Cc3ccc(C(F)F)cc3)C2)nn1. The molecule has 25 heavy (non-hydrogen) atoms. The standard InChI is InChI=1S/C18H20F2N4O/c1-12-2-7-16(23-22-12)24-9-8-15(11-24)21-17(25)10-13-3-5-14(6-4-13)18(19)20/h2-7,15,18H,8-11H2,1H3,(H,21,25)/t15-/m0/s1. The Morgan fingerprint density at radius 1 is 1.24 bits per heavy atom. The highest BCUT2D eigenvalue weighted by atomic mass is 19.3. The number of alkyl halides is 2. The summed E-state index contributed by atoms with van der Waals surface area (Å²) in [5, 5.41) is 11.2. The second-order valence-corrected chi connectivity index (χ2v) is 6.25. The molecular weight excluding hydrogens is 326 g/mol. The van der Waals surface area contributed by atoms with Crippen LogP contribution in [0.4, 0.5) is 14.6 Å². The van der Waals surface area contributed by atoms with E-state index < -0.39 is 6.43 Å². The van der Waals surface area contributed by atoms with Gasteiger partial charge in [0.05, 0.1) is 12.1 Å². The Morgan fingerprint density at radius 3 is 2.64 bits per heavy atom. The molecule has 1 aromatic heterocycles. The molecule has 1 N–H and O–H groups in total. The Morgan fingerprint density at radius 2 is 2.00 bits per heavy atom. The quantitative estimate of drug-likeness (QED) is 0.904.